The molecule has 2 aromatic rings. The first-order chi connectivity index (χ1) is 15.1. The number of benzene rings is 1. The molecule has 1 atom stereocenters. The minimum Gasteiger partial charge on any atom is -0.497 e. The van der Waals surface area contributed by atoms with Gasteiger partial charge in [-0.3, -0.25) is 9.69 Å². The zero-order chi connectivity index (χ0) is 21.6. The Morgan fingerprint density at radius 3 is 2.61 bits per heavy atom. The lowest BCUT2D eigenvalue weighted by molar-refractivity contribution is -0.125. The van der Waals surface area contributed by atoms with Crippen LogP contribution in [0.1, 0.15) is 39.0 Å². The van der Waals surface area contributed by atoms with E-state index >= 15 is 0 Å². The van der Waals surface area contributed by atoms with E-state index in [1.165, 1.54) is 19.3 Å². The number of rotatable bonds is 7. The zero-order valence-electron chi connectivity index (χ0n) is 18.5. The number of nitrogens with one attached hydrogen (secondary N) is 1. The van der Waals surface area contributed by atoms with Gasteiger partial charge >= 0.3 is 6.01 Å². The second-order valence-electron chi connectivity index (χ2n) is 8.55. The summed E-state index contributed by atoms with van der Waals surface area (Å²) in [5.74, 6) is 1.51. The molecule has 0 radical (unpaired) electrons. The van der Waals surface area contributed by atoms with E-state index in [0.717, 1.165) is 56.9 Å². The highest BCUT2D eigenvalue weighted by Crippen LogP contribution is 2.27. The molecule has 2 aliphatic heterocycles. The largest absolute Gasteiger partial charge is 0.497 e. The first-order valence-corrected chi connectivity index (χ1v) is 11.4. The molecule has 0 saturated carbocycles. The summed E-state index contributed by atoms with van der Waals surface area (Å²) in [6.07, 6.45) is 5.46. The topological polar surface area (TPSA) is 83.7 Å². The molecule has 3 heterocycles. The highest BCUT2D eigenvalue weighted by molar-refractivity contribution is 5.78. The third kappa shape index (κ3) is 5.36. The fourth-order valence-corrected chi connectivity index (χ4v) is 4.48. The number of nitrogens with zero attached hydrogens (tertiary/aromatic N) is 4. The van der Waals surface area contributed by atoms with Crippen LogP contribution in [0.3, 0.4) is 0 Å². The minimum absolute atomic E-state index is 0.0546. The summed E-state index contributed by atoms with van der Waals surface area (Å²) in [5, 5.41) is 11.5. The van der Waals surface area contributed by atoms with Crippen molar-refractivity contribution in [3.63, 3.8) is 0 Å². The molecule has 4 rings (SSSR count). The molecular weight excluding hydrogens is 394 g/mol. The van der Waals surface area contributed by atoms with Crippen LogP contribution in [0.4, 0.5) is 6.01 Å². The summed E-state index contributed by atoms with van der Waals surface area (Å²) in [5.41, 5.74) is 0.858. The summed E-state index contributed by atoms with van der Waals surface area (Å²) < 4.78 is 11.1. The van der Waals surface area contributed by atoms with Crippen LogP contribution in [0.15, 0.2) is 28.7 Å². The molecule has 2 fully saturated rings. The predicted octanol–water partition coefficient (Wildman–Crippen LogP) is 2.95. The summed E-state index contributed by atoms with van der Waals surface area (Å²) in [7, 11) is 1.64. The molecule has 1 amide bonds. The molecule has 2 aliphatic rings. The van der Waals surface area contributed by atoms with Crippen molar-refractivity contribution >= 4 is 11.9 Å². The monoisotopic (exact) mass is 427 g/mol. The van der Waals surface area contributed by atoms with Gasteiger partial charge in [0.25, 0.3) is 0 Å². The van der Waals surface area contributed by atoms with Crippen molar-refractivity contribution < 1.29 is 13.9 Å². The molecule has 1 N–H and O–H groups in total. The third-order valence-electron chi connectivity index (χ3n) is 6.53. The first-order valence-electron chi connectivity index (χ1n) is 11.4. The lowest BCUT2D eigenvalue weighted by Gasteiger charge is -2.33. The van der Waals surface area contributed by atoms with Gasteiger partial charge < -0.3 is 19.4 Å². The van der Waals surface area contributed by atoms with Crippen molar-refractivity contribution in [3.8, 4) is 17.2 Å². The lowest BCUT2D eigenvalue weighted by Crippen LogP contribution is -2.45. The number of anilines is 1. The number of aromatic nitrogens is 2. The van der Waals surface area contributed by atoms with Crippen LogP contribution in [0.25, 0.3) is 11.5 Å². The molecule has 1 aromatic heterocycles. The van der Waals surface area contributed by atoms with Gasteiger partial charge in [-0.1, -0.05) is 11.5 Å². The fourth-order valence-electron chi connectivity index (χ4n) is 4.48. The van der Waals surface area contributed by atoms with E-state index in [1.54, 1.807) is 7.11 Å². The van der Waals surface area contributed by atoms with Crippen LogP contribution in [0, 0.1) is 5.92 Å². The van der Waals surface area contributed by atoms with Gasteiger partial charge in [0.15, 0.2) is 0 Å². The zero-order valence-corrected chi connectivity index (χ0v) is 18.5. The number of hydrogen-bond donors (Lipinski definition) is 1. The van der Waals surface area contributed by atoms with Gasteiger partial charge in [-0.05, 0) is 63.4 Å². The van der Waals surface area contributed by atoms with Crippen molar-refractivity contribution in [3.05, 3.63) is 24.3 Å². The minimum atomic E-state index is 0.0546. The first kappa shape index (κ1) is 21.6. The number of piperidine rings is 2. The molecular formula is C23H33N5O3. The SMILES string of the molecule is COc1ccc(-c2nnc(N3CCC(C(=O)NCCN4CCCCC4C)CC3)o2)cc1. The van der Waals surface area contributed by atoms with E-state index in [0.29, 0.717) is 17.9 Å². The lowest BCUT2D eigenvalue weighted by atomic mass is 9.96. The van der Waals surface area contributed by atoms with Gasteiger partial charge in [0.05, 0.1) is 7.11 Å². The Morgan fingerprint density at radius 2 is 1.90 bits per heavy atom. The molecule has 168 valence electrons. The normalized spacial score (nSPS) is 20.6. The number of carbonyl (C=O) groups is 1. The number of methoxy groups -OCH3 is 1. The standard InChI is InChI=1S/C23H33N5O3/c1-17-5-3-4-13-27(17)16-12-24-21(29)18-10-14-28(15-11-18)23-26-25-22(31-23)19-6-8-20(30-2)9-7-19/h6-9,17-18H,3-5,10-16H2,1-2H3,(H,24,29). The Kier molecular flexibility index (Phi) is 7.06. The van der Waals surface area contributed by atoms with Crippen LogP contribution in [0.2, 0.25) is 0 Å². The summed E-state index contributed by atoms with van der Waals surface area (Å²) in [6, 6.07) is 8.69. The van der Waals surface area contributed by atoms with E-state index in [1.807, 2.05) is 24.3 Å². The summed E-state index contributed by atoms with van der Waals surface area (Å²) in [4.78, 5) is 17.2. The van der Waals surface area contributed by atoms with Crippen LogP contribution < -0.4 is 15.0 Å². The molecule has 2 saturated heterocycles. The number of carbonyl (C=O) groups excluding carboxylic acids is 1. The van der Waals surface area contributed by atoms with Gasteiger partial charge in [-0.25, -0.2) is 0 Å². The van der Waals surface area contributed by atoms with Crippen molar-refractivity contribution in [1.29, 1.82) is 0 Å². The maximum absolute atomic E-state index is 12.6. The Bertz CT molecular complexity index is 845. The van der Waals surface area contributed by atoms with Gasteiger partial charge in [-0.15, -0.1) is 5.10 Å². The van der Waals surface area contributed by atoms with E-state index < -0.39 is 0 Å². The maximum Gasteiger partial charge on any atom is 0.318 e. The molecule has 8 nitrogen and oxygen atoms in total. The summed E-state index contributed by atoms with van der Waals surface area (Å²) in [6.45, 7) is 6.60. The van der Waals surface area contributed by atoms with Gasteiger partial charge in [0.1, 0.15) is 5.75 Å². The van der Waals surface area contributed by atoms with E-state index in [-0.39, 0.29) is 11.8 Å². The number of amides is 1. The van der Waals surface area contributed by atoms with Crippen LogP contribution in [-0.2, 0) is 4.79 Å². The molecule has 1 unspecified atom stereocenters. The molecule has 0 bridgehead atoms. The average Bonchev–Trinajstić information content (AvgIpc) is 3.31. The highest BCUT2D eigenvalue weighted by atomic mass is 16.5. The number of likely N-dealkylation sites (tertiary alicyclic amines) is 1. The van der Waals surface area contributed by atoms with Gasteiger partial charge in [0.2, 0.25) is 11.8 Å². The van der Waals surface area contributed by atoms with Gasteiger partial charge in [0, 0.05) is 43.7 Å². The van der Waals surface area contributed by atoms with Gasteiger partial charge in [-0.2, -0.15) is 0 Å². The Labute approximate surface area is 183 Å². The second kappa shape index (κ2) is 10.1. The Hall–Kier alpha value is -2.61. The van der Waals surface area contributed by atoms with Crippen LogP contribution in [0.5, 0.6) is 5.75 Å². The number of hydrogen-bond acceptors (Lipinski definition) is 7. The molecule has 1 aromatic carbocycles. The van der Waals surface area contributed by atoms with E-state index in [2.05, 4.69) is 32.2 Å². The maximum atomic E-state index is 12.6. The molecule has 0 spiro atoms. The molecule has 0 aliphatic carbocycles. The van der Waals surface area contributed by atoms with Crippen molar-refractivity contribution in [2.75, 3.05) is 44.7 Å². The van der Waals surface area contributed by atoms with Crippen LogP contribution >= 0.6 is 0 Å². The second-order valence-corrected chi connectivity index (χ2v) is 8.55. The van der Waals surface area contributed by atoms with E-state index in [9.17, 15) is 4.79 Å². The quantitative estimate of drug-likeness (QED) is 0.727. The van der Waals surface area contributed by atoms with Crippen molar-refractivity contribution in [2.45, 2.75) is 45.1 Å². The highest BCUT2D eigenvalue weighted by Gasteiger charge is 2.27. The fraction of sp³-hybridized carbons (Fsp3) is 0.609. The third-order valence-corrected chi connectivity index (χ3v) is 6.53. The molecule has 31 heavy (non-hydrogen) atoms. The molecule has 8 heteroatoms. The summed E-state index contributed by atoms with van der Waals surface area (Å²) >= 11 is 0. The smallest absolute Gasteiger partial charge is 0.318 e. The Morgan fingerprint density at radius 1 is 1.13 bits per heavy atom. The predicted molar refractivity (Wildman–Crippen MR) is 119 cm³/mol. The van der Waals surface area contributed by atoms with Crippen molar-refractivity contribution in [1.82, 2.24) is 20.4 Å². The van der Waals surface area contributed by atoms with Crippen molar-refractivity contribution in [2.24, 2.45) is 5.92 Å². The Balaban J connectivity index is 1.23. The number of ether oxygens (including phenoxy) is 1. The van der Waals surface area contributed by atoms with E-state index in [4.69, 9.17) is 9.15 Å². The average molecular weight is 428 g/mol. The van der Waals surface area contributed by atoms with Crippen LogP contribution in [-0.4, -0.2) is 66.9 Å².